The highest BCUT2D eigenvalue weighted by atomic mass is 16.7. The van der Waals surface area contributed by atoms with E-state index in [2.05, 4.69) is 0 Å². The molecule has 162 valence electrons. The number of aliphatic hydroxyl groups excluding tert-OH is 3. The zero-order chi connectivity index (χ0) is 21.6. The van der Waals surface area contributed by atoms with Gasteiger partial charge in [-0.25, -0.2) is 0 Å². The van der Waals surface area contributed by atoms with Crippen molar-refractivity contribution in [1.29, 1.82) is 0 Å². The lowest BCUT2D eigenvalue weighted by Gasteiger charge is -2.32. The summed E-state index contributed by atoms with van der Waals surface area (Å²) in [4.78, 5) is 0. The molecule has 2 aliphatic heterocycles. The molecule has 0 aliphatic carbocycles. The number of hydrogen-bond donors (Lipinski definition) is 7. The smallest absolute Gasteiger partial charge is 0.229 e. The Labute approximate surface area is 170 Å². The molecule has 1 fully saturated rings. The Morgan fingerprint density at radius 2 is 1.80 bits per heavy atom. The van der Waals surface area contributed by atoms with Crippen LogP contribution in [0.3, 0.4) is 0 Å². The van der Waals surface area contributed by atoms with Gasteiger partial charge in [0.1, 0.15) is 35.1 Å². The molecule has 0 spiro atoms. The van der Waals surface area contributed by atoms with E-state index in [1.54, 1.807) is 0 Å². The average Bonchev–Trinajstić information content (AvgIpc) is 2.99. The molecule has 0 aromatic heterocycles. The van der Waals surface area contributed by atoms with Gasteiger partial charge >= 0.3 is 0 Å². The molecule has 2 aromatic rings. The van der Waals surface area contributed by atoms with E-state index >= 15 is 0 Å². The van der Waals surface area contributed by atoms with Crippen LogP contribution < -0.4 is 9.47 Å². The van der Waals surface area contributed by atoms with E-state index in [4.69, 9.17) is 14.2 Å². The fourth-order valence-electron chi connectivity index (χ4n) is 3.55. The molecule has 4 rings (SSSR count). The van der Waals surface area contributed by atoms with E-state index in [0.29, 0.717) is 11.1 Å². The molecule has 0 saturated carbocycles. The minimum Gasteiger partial charge on any atom is -0.507 e. The molecule has 2 aliphatic rings. The summed E-state index contributed by atoms with van der Waals surface area (Å²) in [5.74, 6) is -0.606. The second kappa shape index (κ2) is 7.49. The third-order valence-corrected chi connectivity index (χ3v) is 5.34. The maximum atomic E-state index is 10.5. The molecule has 0 radical (unpaired) electrons. The Morgan fingerprint density at radius 1 is 1.03 bits per heavy atom. The molecule has 1 saturated heterocycles. The second-order valence-corrected chi connectivity index (χ2v) is 7.48. The van der Waals surface area contributed by atoms with Crippen LogP contribution >= 0.6 is 0 Å². The van der Waals surface area contributed by atoms with Gasteiger partial charge in [-0.3, -0.25) is 0 Å². The number of rotatable bonds is 4. The van der Waals surface area contributed by atoms with Crippen molar-refractivity contribution in [2.75, 3.05) is 13.2 Å². The number of aromatic hydroxyl groups is 3. The van der Waals surface area contributed by atoms with Crippen molar-refractivity contribution in [3.05, 3.63) is 41.5 Å². The van der Waals surface area contributed by atoms with Crippen LogP contribution in [0.15, 0.2) is 30.3 Å². The number of benzene rings is 2. The summed E-state index contributed by atoms with van der Waals surface area (Å²) in [7, 11) is 0. The largest absolute Gasteiger partial charge is 0.507 e. The lowest BCUT2D eigenvalue weighted by molar-refractivity contribution is -0.115. The van der Waals surface area contributed by atoms with E-state index in [9.17, 15) is 35.7 Å². The first-order chi connectivity index (χ1) is 14.2. The summed E-state index contributed by atoms with van der Waals surface area (Å²) in [5.41, 5.74) is -1.10. The van der Waals surface area contributed by atoms with E-state index in [0.717, 1.165) is 0 Å². The van der Waals surface area contributed by atoms with Crippen molar-refractivity contribution < 1.29 is 50.0 Å². The Bertz CT molecular complexity index is 947. The van der Waals surface area contributed by atoms with E-state index in [-0.39, 0.29) is 41.8 Å². The summed E-state index contributed by atoms with van der Waals surface area (Å²) in [5, 5.41) is 69.4. The molecule has 5 atom stereocenters. The van der Waals surface area contributed by atoms with Crippen LogP contribution in [0.1, 0.15) is 17.2 Å². The molecule has 0 unspecified atom stereocenters. The Kier molecular flexibility index (Phi) is 5.12. The third-order valence-electron chi connectivity index (χ3n) is 5.34. The molecule has 10 nitrogen and oxygen atoms in total. The Hall–Kier alpha value is -2.76. The topological polar surface area (TPSA) is 169 Å². The zero-order valence-electron chi connectivity index (χ0n) is 15.7. The number of ether oxygens (including phenoxy) is 3. The van der Waals surface area contributed by atoms with Gasteiger partial charge in [-0.15, -0.1) is 0 Å². The van der Waals surface area contributed by atoms with Crippen molar-refractivity contribution in [3.8, 4) is 28.7 Å². The van der Waals surface area contributed by atoms with Crippen LogP contribution in [-0.2, 0) is 11.2 Å². The SMILES string of the molecule is OC[C@@]1(O)CO[C@@H](Oc2cc(O)c3c(c2)O[C@@H](c2ccc(O)c(O)c2)[C@H](O)C3)[C@@H]1O. The number of hydrogen-bond acceptors (Lipinski definition) is 10. The predicted octanol–water partition coefficient (Wildman–Crippen LogP) is -0.340. The summed E-state index contributed by atoms with van der Waals surface area (Å²) in [6.07, 6.45) is -4.65. The number of fused-ring (bicyclic) bond motifs is 1. The highest BCUT2D eigenvalue weighted by Crippen LogP contribution is 2.43. The quantitative estimate of drug-likeness (QED) is 0.324. The monoisotopic (exact) mass is 422 g/mol. The van der Waals surface area contributed by atoms with Crippen molar-refractivity contribution in [2.45, 2.75) is 36.6 Å². The fraction of sp³-hybridized carbons (Fsp3) is 0.400. The summed E-state index contributed by atoms with van der Waals surface area (Å²) >= 11 is 0. The van der Waals surface area contributed by atoms with Crippen LogP contribution in [0.25, 0.3) is 0 Å². The van der Waals surface area contributed by atoms with Crippen LogP contribution in [0.2, 0.25) is 0 Å². The minimum atomic E-state index is -1.85. The maximum Gasteiger partial charge on any atom is 0.229 e. The second-order valence-electron chi connectivity index (χ2n) is 7.48. The molecule has 30 heavy (non-hydrogen) atoms. The standard InChI is InChI=1S/C20H22O10/c21-7-20(27)8-28-19(18(20)26)29-10-4-13(23)11-6-15(25)17(30-16(11)5-10)9-1-2-12(22)14(24)3-9/h1-5,15,17-19,21-27H,6-8H2/t15-,17+,18+,19+,20-/m1/s1. The Balaban J connectivity index is 1.59. The Morgan fingerprint density at radius 3 is 2.47 bits per heavy atom. The zero-order valence-corrected chi connectivity index (χ0v) is 15.7. The average molecular weight is 422 g/mol. The van der Waals surface area contributed by atoms with Crippen molar-refractivity contribution in [2.24, 2.45) is 0 Å². The first-order valence-electron chi connectivity index (χ1n) is 9.24. The summed E-state index contributed by atoms with van der Waals surface area (Å²) in [6.45, 7) is -1.05. The van der Waals surface area contributed by atoms with Gasteiger partial charge in [0.2, 0.25) is 6.29 Å². The van der Waals surface area contributed by atoms with Crippen LogP contribution in [0.4, 0.5) is 0 Å². The number of phenolic OH excluding ortho intramolecular Hbond substituents is 3. The van der Waals surface area contributed by atoms with Gasteiger partial charge in [-0.05, 0) is 17.7 Å². The molecule has 2 heterocycles. The van der Waals surface area contributed by atoms with Gasteiger partial charge in [0.15, 0.2) is 11.5 Å². The van der Waals surface area contributed by atoms with Gasteiger partial charge in [-0.2, -0.15) is 0 Å². The minimum absolute atomic E-state index is 0.0561. The fourth-order valence-corrected chi connectivity index (χ4v) is 3.55. The predicted molar refractivity (Wildman–Crippen MR) is 99.4 cm³/mol. The molecule has 7 N–H and O–H groups in total. The number of aliphatic hydroxyl groups is 4. The maximum absolute atomic E-state index is 10.5. The van der Waals surface area contributed by atoms with Crippen LogP contribution in [0.5, 0.6) is 28.7 Å². The first kappa shape index (κ1) is 20.5. The summed E-state index contributed by atoms with van der Waals surface area (Å²) < 4.78 is 16.5. The molecular formula is C20H22O10. The van der Waals surface area contributed by atoms with Gasteiger partial charge in [0.05, 0.1) is 19.3 Å². The van der Waals surface area contributed by atoms with Gasteiger partial charge < -0.3 is 50.0 Å². The van der Waals surface area contributed by atoms with Crippen molar-refractivity contribution >= 4 is 0 Å². The first-order valence-corrected chi connectivity index (χ1v) is 9.24. The van der Waals surface area contributed by atoms with Crippen LogP contribution in [0, 0.1) is 0 Å². The molecule has 0 bridgehead atoms. The van der Waals surface area contributed by atoms with Crippen molar-refractivity contribution in [3.63, 3.8) is 0 Å². The van der Waals surface area contributed by atoms with E-state index in [1.807, 2.05) is 0 Å². The van der Waals surface area contributed by atoms with E-state index in [1.165, 1.54) is 30.3 Å². The van der Waals surface area contributed by atoms with Crippen molar-refractivity contribution in [1.82, 2.24) is 0 Å². The highest BCUT2D eigenvalue weighted by Gasteiger charge is 2.49. The van der Waals surface area contributed by atoms with Gasteiger partial charge in [0, 0.05) is 24.1 Å². The highest BCUT2D eigenvalue weighted by molar-refractivity contribution is 5.52. The molecule has 2 aromatic carbocycles. The molecule has 0 amide bonds. The van der Waals surface area contributed by atoms with Gasteiger partial charge in [0.25, 0.3) is 0 Å². The van der Waals surface area contributed by atoms with Crippen LogP contribution in [-0.4, -0.2) is 73.1 Å². The lowest BCUT2D eigenvalue weighted by Crippen LogP contribution is -2.48. The third kappa shape index (κ3) is 3.48. The lowest BCUT2D eigenvalue weighted by atomic mass is 9.94. The van der Waals surface area contributed by atoms with E-state index < -0.39 is 36.8 Å². The molecule has 10 heteroatoms. The molecular weight excluding hydrogens is 400 g/mol. The summed E-state index contributed by atoms with van der Waals surface area (Å²) in [6, 6.07) is 6.72. The normalized spacial score (nSPS) is 30.5. The van der Waals surface area contributed by atoms with Gasteiger partial charge in [-0.1, -0.05) is 6.07 Å². The number of phenols is 3.